The molecular formula is C17H10O3. The molecular weight excluding hydrogens is 252 g/mol. The predicted octanol–water partition coefficient (Wildman–Crippen LogP) is 3.64. The van der Waals surface area contributed by atoms with Gasteiger partial charge in [0.1, 0.15) is 5.76 Å². The average molecular weight is 262 g/mol. The highest BCUT2D eigenvalue weighted by Crippen LogP contribution is 2.33. The van der Waals surface area contributed by atoms with Gasteiger partial charge in [-0.3, -0.25) is 0 Å². The van der Waals surface area contributed by atoms with E-state index in [-0.39, 0.29) is 0 Å². The number of carbonyl (C=O) groups is 1. The van der Waals surface area contributed by atoms with E-state index in [4.69, 9.17) is 15.6 Å². The van der Waals surface area contributed by atoms with E-state index in [1.165, 1.54) is 0 Å². The van der Waals surface area contributed by atoms with Gasteiger partial charge < -0.3 is 9.15 Å². The van der Waals surface area contributed by atoms with E-state index in [9.17, 15) is 4.79 Å². The third-order valence-corrected chi connectivity index (χ3v) is 2.89. The zero-order valence-corrected chi connectivity index (χ0v) is 10.5. The van der Waals surface area contributed by atoms with Gasteiger partial charge >= 0.3 is 5.97 Å². The van der Waals surface area contributed by atoms with Crippen molar-refractivity contribution in [2.24, 2.45) is 0 Å². The van der Waals surface area contributed by atoms with Gasteiger partial charge in [0.15, 0.2) is 11.3 Å². The molecule has 0 unspecified atom stereocenters. The fourth-order valence-electron chi connectivity index (χ4n) is 1.99. The number of rotatable bonds is 2. The third kappa shape index (κ3) is 2.15. The number of hydrogen-bond acceptors (Lipinski definition) is 3. The first-order valence-corrected chi connectivity index (χ1v) is 6.04. The lowest BCUT2D eigenvalue weighted by Crippen LogP contribution is -2.03. The Bertz CT molecular complexity index is 807. The van der Waals surface area contributed by atoms with E-state index in [0.29, 0.717) is 17.1 Å². The summed E-state index contributed by atoms with van der Waals surface area (Å²) in [6.45, 7) is 0. The SMILES string of the molecule is C#CC(=O)Oc1cccc2cc(-c3ccccc3)oc12. The van der Waals surface area contributed by atoms with Crippen LogP contribution in [0.3, 0.4) is 0 Å². The molecule has 0 saturated carbocycles. The maximum absolute atomic E-state index is 11.2. The van der Waals surface area contributed by atoms with Gasteiger partial charge in [-0.05, 0) is 12.1 Å². The summed E-state index contributed by atoms with van der Waals surface area (Å²) >= 11 is 0. The highest BCUT2D eigenvalue weighted by atomic mass is 16.5. The first-order valence-electron chi connectivity index (χ1n) is 6.04. The van der Waals surface area contributed by atoms with Crippen LogP contribution in [-0.4, -0.2) is 5.97 Å². The van der Waals surface area contributed by atoms with Crippen molar-refractivity contribution in [3.8, 4) is 29.4 Å². The zero-order valence-electron chi connectivity index (χ0n) is 10.5. The van der Waals surface area contributed by atoms with Crippen molar-refractivity contribution in [1.29, 1.82) is 0 Å². The summed E-state index contributed by atoms with van der Waals surface area (Å²) in [4.78, 5) is 11.2. The summed E-state index contributed by atoms with van der Waals surface area (Å²) in [5.41, 5.74) is 1.47. The molecule has 0 atom stereocenters. The van der Waals surface area contributed by atoms with Crippen molar-refractivity contribution >= 4 is 16.9 Å². The molecule has 2 aromatic carbocycles. The number of furan rings is 1. The number of esters is 1. The monoisotopic (exact) mass is 262 g/mol. The van der Waals surface area contributed by atoms with Crippen molar-refractivity contribution in [1.82, 2.24) is 0 Å². The molecule has 0 spiro atoms. The lowest BCUT2D eigenvalue weighted by atomic mass is 10.1. The molecule has 0 saturated heterocycles. The second kappa shape index (κ2) is 4.94. The number of fused-ring (bicyclic) bond motifs is 1. The molecule has 0 radical (unpaired) electrons. The molecule has 3 aromatic rings. The van der Waals surface area contributed by atoms with Crippen LogP contribution in [0.15, 0.2) is 59.0 Å². The minimum absolute atomic E-state index is 0.327. The van der Waals surface area contributed by atoms with Crippen molar-refractivity contribution in [2.75, 3.05) is 0 Å². The molecule has 0 amide bonds. The third-order valence-electron chi connectivity index (χ3n) is 2.89. The van der Waals surface area contributed by atoms with E-state index in [2.05, 4.69) is 0 Å². The number of terminal acetylenes is 1. The standard InChI is InChI=1S/C17H10O3/c1-2-16(18)19-14-10-6-9-13-11-15(20-17(13)14)12-7-4-3-5-8-12/h1,3-11H. The average Bonchev–Trinajstić information content (AvgIpc) is 2.93. The smallest absolute Gasteiger partial charge is 0.389 e. The number of ether oxygens (including phenoxy) is 1. The van der Waals surface area contributed by atoms with Crippen LogP contribution in [0.25, 0.3) is 22.3 Å². The van der Waals surface area contributed by atoms with Gasteiger partial charge in [-0.1, -0.05) is 42.5 Å². The summed E-state index contributed by atoms with van der Waals surface area (Å²) < 4.78 is 10.8. The maximum atomic E-state index is 11.2. The van der Waals surface area contributed by atoms with Crippen LogP contribution in [0, 0.1) is 12.3 Å². The fourth-order valence-corrected chi connectivity index (χ4v) is 1.99. The van der Waals surface area contributed by atoms with Gasteiger partial charge in [0.2, 0.25) is 0 Å². The second-order valence-corrected chi connectivity index (χ2v) is 4.19. The van der Waals surface area contributed by atoms with E-state index in [1.807, 2.05) is 48.4 Å². The van der Waals surface area contributed by atoms with Crippen LogP contribution in [0.5, 0.6) is 5.75 Å². The Hall–Kier alpha value is -2.99. The van der Waals surface area contributed by atoms with Crippen LogP contribution < -0.4 is 4.74 Å². The molecule has 1 aromatic heterocycles. The summed E-state index contributed by atoms with van der Waals surface area (Å²) in [6, 6.07) is 16.9. The van der Waals surface area contributed by atoms with Gasteiger partial charge in [-0.2, -0.15) is 0 Å². The summed E-state index contributed by atoms with van der Waals surface area (Å²) in [5.74, 6) is 2.21. The van der Waals surface area contributed by atoms with Gasteiger partial charge in [-0.15, -0.1) is 6.42 Å². The van der Waals surface area contributed by atoms with Crippen molar-refractivity contribution < 1.29 is 13.9 Å². The Morgan fingerprint density at radius 3 is 2.65 bits per heavy atom. The largest absolute Gasteiger partial charge is 0.452 e. The maximum Gasteiger partial charge on any atom is 0.389 e. The number of para-hydroxylation sites is 1. The minimum Gasteiger partial charge on any atom is -0.452 e. The molecule has 0 aliphatic rings. The lowest BCUT2D eigenvalue weighted by Gasteiger charge is -2.00. The molecule has 20 heavy (non-hydrogen) atoms. The van der Waals surface area contributed by atoms with E-state index in [0.717, 1.165) is 10.9 Å². The van der Waals surface area contributed by atoms with Gasteiger partial charge in [0.05, 0.1) is 0 Å². The van der Waals surface area contributed by atoms with Crippen LogP contribution in [0.2, 0.25) is 0 Å². The number of hydrogen-bond donors (Lipinski definition) is 0. The van der Waals surface area contributed by atoms with E-state index >= 15 is 0 Å². The first kappa shape index (κ1) is 12.1. The van der Waals surface area contributed by atoms with E-state index < -0.39 is 5.97 Å². The zero-order chi connectivity index (χ0) is 13.9. The molecule has 0 N–H and O–H groups in total. The molecule has 96 valence electrons. The molecule has 3 heteroatoms. The normalized spacial score (nSPS) is 10.2. The topological polar surface area (TPSA) is 39.4 Å². The summed E-state index contributed by atoms with van der Waals surface area (Å²) in [6.07, 6.45) is 5.01. The van der Waals surface area contributed by atoms with Crippen LogP contribution in [0.4, 0.5) is 0 Å². The first-order chi connectivity index (χ1) is 9.78. The number of benzene rings is 2. The van der Waals surface area contributed by atoms with Crippen LogP contribution >= 0.6 is 0 Å². The molecule has 3 nitrogen and oxygen atoms in total. The number of carbonyl (C=O) groups excluding carboxylic acids is 1. The highest BCUT2D eigenvalue weighted by molar-refractivity contribution is 5.93. The van der Waals surface area contributed by atoms with Crippen LogP contribution in [-0.2, 0) is 4.79 Å². The predicted molar refractivity (Wildman–Crippen MR) is 76.1 cm³/mol. The summed E-state index contributed by atoms with van der Waals surface area (Å²) in [5, 5.41) is 0.853. The fraction of sp³-hybridized carbons (Fsp3) is 0. The van der Waals surface area contributed by atoms with Crippen molar-refractivity contribution in [3.63, 3.8) is 0 Å². The second-order valence-electron chi connectivity index (χ2n) is 4.19. The van der Waals surface area contributed by atoms with Gasteiger partial charge in [-0.25, -0.2) is 4.79 Å². The molecule has 0 aliphatic heterocycles. The Morgan fingerprint density at radius 2 is 1.90 bits per heavy atom. The summed E-state index contributed by atoms with van der Waals surface area (Å²) in [7, 11) is 0. The van der Waals surface area contributed by atoms with Crippen LogP contribution in [0.1, 0.15) is 0 Å². The Balaban J connectivity index is 2.10. The molecule has 3 rings (SSSR count). The Kier molecular flexibility index (Phi) is 2.98. The quantitative estimate of drug-likeness (QED) is 0.306. The Morgan fingerprint density at radius 1 is 1.10 bits per heavy atom. The van der Waals surface area contributed by atoms with Gasteiger partial charge in [0, 0.05) is 16.9 Å². The highest BCUT2D eigenvalue weighted by Gasteiger charge is 2.12. The molecule has 0 fully saturated rings. The lowest BCUT2D eigenvalue weighted by molar-refractivity contribution is -0.127. The molecule has 0 aliphatic carbocycles. The van der Waals surface area contributed by atoms with Crippen molar-refractivity contribution in [2.45, 2.75) is 0 Å². The van der Waals surface area contributed by atoms with Crippen molar-refractivity contribution in [3.05, 3.63) is 54.6 Å². The van der Waals surface area contributed by atoms with E-state index in [1.54, 1.807) is 12.1 Å². The minimum atomic E-state index is -0.741. The molecule has 1 heterocycles. The molecule has 0 bridgehead atoms. The Labute approximate surface area is 115 Å². The van der Waals surface area contributed by atoms with Gasteiger partial charge in [0.25, 0.3) is 0 Å².